The molecule has 4 heteroatoms. The number of benzene rings is 1. The van der Waals surface area contributed by atoms with E-state index in [4.69, 9.17) is 10.5 Å². The first kappa shape index (κ1) is 19.6. The predicted molar refractivity (Wildman–Crippen MR) is 99.2 cm³/mol. The van der Waals surface area contributed by atoms with E-state index in [9.17, 15) is 4.79 Å². The SMILES string of the molecule is C/C(C(=O)OC(C)(C)C)=C(/N)SCCCCCc1ccccc1. The predicted octanol–water partition coefficient (Wildman–Crippen LogP) is 4.66. The van der Waals surface area contributed by atoms with Crippen LogP contribution >= 0.6 is 11.8 Å². The van der Waals surface area contributed by atoms with Crippen molar-refractivity contribution in [2.45, 2.75) is 59.0 Å². The third-order valence-corrected chi connectivity index (χ3v) is 4.39. The van der Waals surface area contributed by atoms with Gasteiger partial charge in [-0.25, -0.2) is 4.79 Å². The van der Waals surface area contributed by atoms with Crippen LogP contribution in [0.15, 0.2) is 40.9 Å². The number of carbonyl (C=O) groups is 1. The molecule has 0 aromatic heterocycles. The van der Waals surface area contributed by atoms with E-state index in [1.165, 1.54) is 18.4 Å². The Bertz CT molecular complexity index is 518. The van der Waals surface area contributed by atoms with Gasteiger partial charge in [-0.3, -0.25) is 0 Å². The maximum absolute atomic E-state index is 11.9. The lowest BCUT2D eigenvalue weighted by Crippen LogP contribution is -2.25. The lowest BCUT2D eigenvalue weighted by Gasteiger charge is -2.20. The second-order valence-electron chi connectivity index (χ2n) is 6.64. The van der Waals surface area contributed by atoms with Crippen LogP contribution in [0.2, 0.25) is 0 Å². The molecular formula is C19H29NO2S. The van der Waals surface area contributed by atoms with Gasteiger partial charge in [0.1, 0.15) is 5.60 Å². The molecule has 0 saturated heterocycles. The van der Waals surface area contributed by atoms with Gasteiger partial charge in [0, 0.05) is 0 Å². The zero-order valence-corrected chi connectivity index (χ0v) is 15.5. The number of hydrogen-bond acceptors (Lipinski definition) is 4. The molecule has 0 aliphatic heterocycles. The van der Waals surface area contributed by atoms with E-state index in [1.807, 2.05) is 26.8 Å². The monoisotopic (exact) mass is 335 g/mol. The van der Waals surface area contributed by atoms with Crippen molar-refractivity contribution in [1.29, 1.82) is 0 Å². The molecule has 0 spiro atoms. The molecule has 0 radical (unpaired) electrons. The van der Waals surface area contributed by atoms with Crippen molar-refractivity contribution in [1.82, 2.24) is 0 Å². The van der Waals surface area contributed by atoms with Crippen molar-refractivity contribution in [2.75, 3.05) is 5.75 Å². The van der Waals surface area contributed by atoms with E-state index in [-0.39, 0.29) is 5.97 Å². The lowest BCUT2D eigenvalue weighted by atomic mass is 10.1. The highest BCUT2D eigenvalue weighted by atomic mass is 32.2. The van der Waals surface area contributed by atoms with Gasteiger partial charge in [0.15, 0.2) is 0 Å². The summed E-state index contributed by atoms with van der Waals surface area (Å²) in [6.07, 6.45) is 4.56. The number of nitrogens with two attached hydrogens (primary N) is 1. The van der Waals surface area contributed by atoms with Crippen LogP contribution in [-0.2, 0) is 16.0 Å². The minimum absolute atomic E-state index is 0.327. The summed E-state index contributed by atoms with van der Waals surface area (Å²) >= 11 is 1.54. The summed E-state index contributed by atoms with van der Waals surface area (Å²) in [7, 11) is 0. The summed E-state index contributed by atoms with van der Waals surface area (Å²) in [5.74, 6) is 0.604. The van der Waals surface area contributed by atoms with E-state index >= 15 is 0 Å². The molecule has 3 nitrogen and oxygen atoms in total. The van der Waals surface area contributed by atoms with Crippen LogP contribution in [0.1, 0.15) is 52.5 Å². The van der Waals surface area contributed by atoms with Crippen LogP contribution in [0.3, 0.4) is 0 Å². The van der Waals surface area contributed by atoms with Crippen molar-refractivity contribution in [3.63, 3.8) is 0 Å². The summed E-state index contributed by atoms with van der Waals surface area (Å²) < 4.78 is 5.32. The van der Waals surface area contributed by atoms with Gasteiger partial charge in [-0.2, -0.15) is 0 Å². The molecule has 0 bridgehead atoms. The highest BCUT2D eigenvalue weighted by Crippen LogP contribution is 2.20. The molecule has 0 aliphatic rings. The number of aryl methyl sites for hydroxylation is 1. The average molecular weight is 336 g/mol. The number of carbonyl (C=O) groups excluding carboxylic acids is 1. The molecule has 2 N–H and O–H groups in total. The van der Waals surface area contributed by atoms with Gasteiger partial charge >= 0.3 is 5.97 Å². The van der Waals surface area contributed by atoms with Gasteiger partial charge in [0.05, 0.1) is 10.6 Å². The zero-order valence-electron chi connectivity index (χ0n) is 14.7. The molecule has 0 saturated carbocycles. The van der Waals surface area contributed by atoms with Crippen LogP contribution in [-0.4, -0.2) is 17.3 Å². The standard InChI is InChI=1S/C19H29NO2S/c1-15(18(21)22-19(2,3)4)17(20)23-14-10-6-9-13-16-11-7-5-8-12-16/h5,7-8,11-12H,6,9-10,13-14,20H2,1-4H3/b17-15+. The van der Waals surface area contributed by atoms with E-state index in [0.717, 1.165) is 18.6 Å². The molecule has 1 rings (SSSR count). The number of unbranched alkanes of at least 4 members (excludes halogenated alkanes) is 2. The zero-order chi connectivity index (χ0) is 17.3. The minimum atomic E-state index is -0.485. The third-order valence-electron chi connectivity index (χ3n) is 3.28. The van der Waals surface area contributed by atoms with E-state index in [2.05, 4.69) is 24.3 Å². The van der Waals surface area contributed by atoms with Crippen molar-refractivity contribution in [2.24, 2.45) is 5.73 Å². The maximum atomic E-state index is 11.9. The maximum Gasteiger partial charge on any atom is 0.336 e. The first-order chi connectivity index (χ1) is 10.8. The van der Waals surface area contributed by atoms with Crippen molar-refractivity contribution >= 4 is 17.7 Å². The molecule has 0 fully saturated rings. The third kappa shape index (κ3) is 8.70. The van der Waals surface area contributed by atoms with Crippen molar-refractivity contribution in [3.05, 3.63) is 46.5 Å². The van der Waals surface area contributed by atoms with E-state index in [1.54, 1.807) is 18.7 Å². The Morgan fingerprint density at radius 1 is 1.13 bits per heavy atom. The molecule has 1 aromatic carbocycles. The Morgan fingerprint density at radius 2 is 1.78 bits per heavy atom. The van der Waals surface area contributed by atoms with Gasteiger partial charge < -0.3 is 10.5 Å². The molecule has 23 heavy (non-hydrogen) atoms. The lowest BCUT2D eigenvalue weighted by molar-refractivity contribution is -0.149. The highest BCUT2D eigenvalue weighted by molar-refractivity contribution is 8.03. The summed E-state index contributed by atoms with van der Waals surface area (Å²) in [5, 5.41) is 0.572. The fourth-order valence-electron chi connectivity index (χ4n) is 2.00. The first-order valence-corrected chi connectivity index (χ1v) is 9.14. The molecule has 0 heterocycles. The fraction of sp³-hybridized carbons (Fsp3) is 0.526. The molecular weight excluding hydrogens is 306 g/mol. The Balaban J connectivity index is 2.23. The van der Waals surface area contributed by atoms with Gasteiger partial charge in [-0.15, -0.1) is 11.8 Å². The largest absolute Gasteiger partial charge is 0.457 e. The van der Waals surface area contributed by atoms with Crippen molar-refractivity contribution in [3.8, 4) is 0 Å². The van der Waals surface area contributed by atoms with E-state index in [0.29, 0.717) is 10.6 Å². The number of ether oxygens (including phenoxy) is 1. The number of esters is 1. The smallest absolute Gasteiger partial charge is 0.336 e. The van der Waals surface area contributed by atoms with Gasteiger partial charge in [-0.1, -0.05) is 36.8 Å². The Morgan fingerprint density at radius 3 is 2.39 bits per heavy atom. The quantitative estimate of drug-likeness (QED) is 0.426. The molecule has 0 atom stereocenters. The summed E-state index contributed by atoms with van der Waals surface area (Å²) in [4.78, 5) is 11.9. The van der Waals surface area contributed by atoms with Crippen LogP contribution in [0, 0.1) is 0 Å². The first-order valence-electron chi connectivity index (χ1n) is 8.16. The van der Waals surface area contributed by atoms with Crippen LogP contribution in [0.4, 0.5) is 0 Å². The number of hydrogen-bond donors (Lipinski definition) is 1. The second kappa shape index (κ2) is 9.66. The normalized spacial score (nSPS) is 12.7. The molecule has 0 amide bonds. The van der Waals surface area contributed by atoms with Crippen LogP contribution < -0.4 is 5.73 Å². The summed E-state index contributed by atoms with van der Waals surface area (Å²) in [6.45, 7) is 7.29. The fourth-order valence-corrected chi connectivity index (χ4v) is 2.87. The average Bonchev–Trinajstić information content (AvgIpc) is 2.49. The Hall–Kier alpha value is -1.42. The molecule has 0 aliphatic carbocycles. The van der Waals surface area contributed by atoms with Gasteiger partial charge in [0.25, 0.3) is 0 Å². The Kier molecular flexibility index (Phi) is 8.24. The van der Waals surface area contributed by atoms with Gasteiger partial charge in [-0.05, 0) is 58.3 Å². The molecule has 1 aromatic rings. The Labute approximate surface area is 144 Å². The van der Waals surface area contributed by atoms with Crippen molar-refractivity contribution < 1.29 is 9.53 Å². The van der Waals surface area contributed by atoms with Gasteiger partial charge in [0.2, 0.25) is 0 Å². The minimum Gasteiger partial charge on any atom is -0.457 e. The number of rotatable bonds is 8. The highest BCUT2D eigenvalue weighted by Gasteiger charge is 2.19. The summed E-state index contributed by atoms with van der Waals surface area (Å²) in [5.41, 5.74) is 7.40. The summed E-state index contributed by atoms with van der Waals surface area (Å²) in [6, 6.07) is 10.5. The number of thioether (sulfide) groups is 1. The van der Waals surface area contributed by atoms with Crippen LogP contribution in [0.5, 0.6) is 0 Å². The van der Waals surface area contributed by atoms with E-state index < -0.39 is 5.60 Å². The van der Waals surface area contributed by atoms with Crippen LogP contribution in [0.25, 0.3) is 0 Å². The molecule has 0 unspecified atom stereocenters. The molecule has 128 valence electrons. The topological polar surface area (TPSA) is 52.3 Å². The second-order valence-corrected chi connectivity index (χ2v) is 7.77.